The second-order valence-electron chi connectivity index (χ2n) is 3.40. The first-order valence-electron chi connectivity index (χ1n) is 4.93. The molecule has 0 aliphatic rings. The number of hydrogen-bond acceptors (Lipinski definition) is 2. The summed E-state index contributed by atoms with van der Waals surface area (Å²) in [4.78, 5) is 11.7. The van der Waals surface area contributed by atoms with Crippen LogP contribution in [-0.2, 0) is 6.54 Å². The molecule has 0 saturated heterocycles. The Morgan fingerprint density at radius 1 is 1.12 bits per heavy atom. The van der Waals surface area contributed by atoms with Crippen LogP contribution in [0, 0.1) is 0 Å². The van der Waals surface area contributed by atoms with E-state index in [2.05, 4.69) is 5.32 Å². The van der Waals surface area contributed by atoms with Crippen LogP contribution >= 0.6 is 23.2 Å². The SMILES string of the molecule is O=C(NCc1ccc(Cl)o1)c1ccc(Cl)cc1. The van der Waals surface area contributed by atoms with Gasteiger partial charge in [-0.15, -0.1) is 0 Å². The van der Waals surface area contributed by atoms with Crippen LogP contribution in [0.1, 0.15) is 16.1 Å². The van der Waals surface area contributed by atoms with Crippen LogP contribution in [-0.4, -0.2) is 5.91 Å². The molecule has 5 heteroatoms. The molecule has 0 aliphatic carbocycles. The normalized spacial score (nSPS) is 10.2. The Labute approximate surface area is 108 Å². The van der Waals surface area contributed by atoms with Gasteiger partial charge in [-0.2, -0.15) is 0 Å². The summed E-state index contributed by atoms with van der Waals surface area (Å²) in [5.41, 5.74) is 0.548. The van der Waals surface area contributed by atoms with Crippen LogP contribution in [0.5, 0.6) is 0 Å². The number of hydrogen-bond donors (Lipinski definition) is 1. The van der Waals surface area contributed by atoms with Crippen LogP contribution < -0.4 is 5.32 Å². The highest BCUT2D eigenvalue weighted by molar-refractivity contribution is 6.30. The van der Waals surface area contributed by atoms with Gasteiger partial charge in [-0.25, -0.2) is 0 Å². The fourth-order valence-electron chi connectivity index (χ4n) is 1.32. The Morgan fingerprint density at radius 3 is 2.41 bits per heavy atom. The first-order valence-corrected chi connectivity index (χ1v) is 5.69. The summed E-state index contributed by atoms with van der Waals surface area (Å²) in [6, 6.07) is 10.00. The van der Waals surface area contributed by atoms with Crippen molar-refractivity contribution in [2.45, 2.75) is 6.54 Å². The lowest BCUT2D eigenvalue weighted by molar-refractivity contribution is 0.0948. The standard InChI is InChI=1S/C12H9Cl2NO2/c13-9-3-1-8(2-4-9)12(16)15-7-10-5-6-11(14)17-10/h1-6H,7H2,(H,15,16). The van der Waals surface area contributed by atoms with Crippen molar-refractivity contribution in [1.82, 2.24) is 5.32 Å². The van der Waals surface area contributed by atoms with Gasteiger partial charge in [0.1, 0.15) is 5.76 Å². The fourth-order valence-corrected chi connectivity index (χ4v) is 1.61. The molecule has 1 aromatic heterocycles. The summed E-state index contributed by atoms with van der Waals surface area (Å²) in [5, 5.41) is 3.62. The number of halogens is 2. The number of nitrogens with one attached hydrogen (secondary N) is 1. The minimum absolute atomic E-state index is 0.186. The fraction of sp³-hybridized carbons (Fsp3) is 0.0833. The van der Waals surface area contributed by atoms with Crippen molar-refractivity contribution in [1.29, 1.82) is 0 Å². The molecule has 0 atom stereocenters. The molecule has 1 heterocycles. The van der Waals surface area contributed by atoms with E-state index in [1.165, 1.54) is 0 Å². The Kier molecular flexibility index (Phi) is 3.71. The van der Waals surface area contributed by atoms with Crippen LogP contribution in [0.4, 0.5) is 0 Å². The molecule has 17 heavy (non-hydrogen) atoms. The first kappa shape index (κ1) is 12.0. The van der Waals surface area contributed by atoms with E-state index in [0.29, 0.717) is 28.1 Å². The Hall–Kier alpha value is -1.45. The molecule has 2 aromatic rings. The molecule has 0 radical (unpaired) electrons. The Morgan fingerprint density at radius 2 is 1.82 bits per heavy atom. The van der Waals surface area contributed by atoms with Crippen LogP contribution in [0.15, 0.2) is 40.8 Å². The highest BCUT2D eigenvalue weighted by Gasteiger charge is 2.06. The lowest BCUT2D eigenvalue weighted by Gasteiger charge is -2.03. The molecule has 0 saturated carbocycles. The summed E-state index contributed by atoms with van der Waals surface area (Å²) in [5.74, 6) is 0.423. The van der Waals surface area contributed by atoms with Gasteiger partial charge in [0, 0.05) is 10.6 Å². The lowest BCUT2D eigenvalue weighted by atomic mass is 10.2. The number of furan rings is 1. The number of carbonyl (C=O) groups excluding carboxylic acids is 1. The molecule has 1 amide bonds. The monoisotopic (exact) mass is 269 g/mol. The third-order valence-corrected chi connectivity index (χ3v) is 2.61. The summed E-state index contributed by atoms with van der Waals surface area (Å²) in [6.07, 6.45) is 0. The van der Waals surface area contributed by atoms with Crippen LogP contribution in [0.3, 0.4) is 0 Å². The van der Waals surface area contributed by atoms with Crippen molar-refractivity contribution >= 4 is 29.1 Å². The summed E-state index contributed by atoms with van der Waals surface area (Å²) in [6.45, 7) is 0.300. The zero-order chi connectivity index (χ0) is 12.3. The number of carbonyl (C=O) groups is 1. The topological polar surface area (TPSA) is 42.2 Å². The van der Waals surface area contributed by atoms with Crippen molar-refractivity contribution in [3.63, 3.8) is 0 Å². The predicted octanol–water partition coefficient (Wildman–Crippen LogP) is 3.52. The summed E-state index contributed by atoms with van der Waals surface area (Å²) < 4.78 is 5.12. The summed E-state index contributed by atoms with van der Waals surface area (Å²) in [7, 11) is 0. The van der Waals surface area contributed by atoms with Gasteiger partial charge in [-0.1, -0.05) is 11.6 Å². The van der Waals surface area contributed by atoms with E-state index in [4.69, 9.17) is 27.6 Å². The molecule has 0 aliphatic heterocycles. The van der Waals surface area contributed by atoms with E-state index >= 15 is 0 Å². The van der Waals surface area contributed by atoms with Gasteiger partial charge in [0.05, 0.1) is 6.54 Å². The molecular weight excluding hydrogens is 261 g/mol. The van der Waals surface area contributed by atoms with Gasteiger partial charge >= 0.3 is 0 Å². The number of benzene rings is 1. The average Bonchev–Trinajstić information content (AvgIpc) is 2.73. The first-order chi connectivity index (χ1) is 8.15. The predicted molar refractivity (Wildman–Crippen MR) is 66.3 cm³/mol. The molecule has 0 unspecified atom stereocenters. The highest BCUT2D eigenvalue weighted by atomic mass is 35.5. The van der Waals surface area contributed by atoms with E-state index in [1.54, 1.807) is 36.4 Å². The second-order valence-corrected chi connectivity index (χ2v) is 4.20. The quantitative estimate of drug-likeness (QED) is 0.927. The minimum Gasteiger partial charge on any atom is -0.448 e. The van der Waals surface area contributed by atoms with Gasteiger partial charge in [0.2, 0.25) is 0 Å². The largest absolute Gasteiger partial charge is 0.448 e. The Bertz CT molecular complexity index is 520. The maximum absolute atomic E-state index is 11.7. The Balaban J connectivity index is 1.95. The molecule has 3 nitrogen and oxygen atoms in total. The second kappa shape index (κ2) is 5.25. The highest BCUT2D eigenvalue weighted by Crippen LogP contribution is 2.13. The molecule has 1 aromatic carbocycles. The van der Waals surface area contributed by atoms with Gasteiger partial charge in [0.25, 0.3) is 5.91 Å². The van der Waals surface area contributed by atoms with Crippen molar-refractivity contribution in [3.8, 4) is 0 Å². The van der Waals surface area contributed by atoms with E-state index in [0.717, 1.165) is 0 Å². The lowest BCUT2D eigenvalue weighted by Crippen LogP contribution is -2.22. The zero-order valence-corrected chi connectivity index (χ0v) is 10.3. The van der Waals surface area contributed by atoms with Gasteiger partial charge in [-0.05, 0) is 48.0 Å². The molecule has 88 valence electrons. The van der Waals surface area contributed by atoms with Gasteiger partial charge in [0.15, 0.2) is 5.22 Å². The van der Waals surface area contributed by atoms with E-state index in [-0.39, 0.29) is 5.91 Å². The molecule has 2 rings (SSSR count). The van der Waals surface area contributed by atoms with Crippen molar-refractivity contribution in [2.24, 2.45) is 0 Å². The maximum atomic E-state index is 11.7. The third kappa shape index (κ3) is 3.25. The van der Waals surface area contributed by atoms with E-state index in [9.17, 15) is 4.79 Å². The van der Waals surface area contributed by atoms with Crippen LogP contribution in [0.2, 0.25) is 10.2 Å². The van der Waals surface area contributed by atoms with Crippen molar-refractivity contribution < 1.29 is 9.21 Å². The molecule has 0 bridgehead atoms. The van der Waals surface area contributed by atoms with Crippen molar-refractivity contribution in [2.75, 3.05) is 0 Å². The number of rotatable bonds is 3. The molecular formula is C12H9Cl2NO2. The minimum atomic E-state index is -0.186. The van der Waals surface area contributed by atoms with Gasteiger partial charge in [-0.3, -0.25) is 4.79 Å². The molecule has 1 N–H and O–H groups in total. The smallest absolute Gasteiger partial charge is 0.251 e. The van der Waals surface area contributed by atoms with Crippen LogP contribution in [0.25, 0.3) is 0 Å². The van der Waals surface area contributed by atoms with Crippen molar-refractivity contribution in [3.05, 3.63) is 58.0 Å². The molecule has 0 fully saturated rings. The van der Waals surface area contributed by atoms with E-state index in [1.807, 2.05) is 0 Å². The zero-order valence-electron chi connectivity index (χ0n) is 8.74. The average molecular weight is 270 g/mol. The van der Waals surface area contributed by atoms with E-state index < -0.39 is 0 Å². The maximum Gasteiger partial charge on any atom is 0.251 e. The third-order valence-electron chi connectivity index (χ3n) is 2.16. The molecule has 0 spiro atoms. The number of amides is 1. The summed E-state index contributed by atoms with van der Waals surface area (Å²) >= 11 is 11.3. The van der Waals surface area contributed by atoms with Gasteiger partial charge < -0.3 is 9.73 Å².